The van der Waals surface area contributed by atoms with Gasteiger partial charge in [-0.05, 0) is 36.0 Å². The van der Waals surface area contributed by atoms with Gasteiger partial charge in [0.2, 0.25) is 0 Å². The zero-order valence-electron chi connectivity index (χ0n) is 6.85. The summed E-state index contributed by atoms with van der Waals surface area (Å²) < 4.78 is 0. The molecule has 1 nitrogen and oxygen atoms in total. The average molecular weight is 140 g/mol. The van der Waals surface area contributed by atoms with Gasteiger partial charge in [-0.15, -0.1) is 0 Å². The summed E-state index contributed by atoms with van der Waals surface area (Å²) >= 11 is 0. The van der Waals surface area contributed by atoms with E-state index in [0.717, 1.165) is 5.92 Å². The maximum atomic E-state index is 8.98. The van der Waals surface area contributed by atoms with Gasteiger partial charge in [0, 0.05) is 6.61 Å². The molecule has 0 atom stereocenters. The fourth-order valence-electron chi connectivity index (χ4n) is 2.87. The Morgan fingerprint density at radius 2 is 1.80 bits per heavy atom. The highest BCUT2D eigenvalue weighted by molar-refractivity contribution is 5.17. The molecule has 3 fully saturated rings. The van der Waals surface area contributed by atoms with Crippen molar-refractivity contribution >= 4 is 0 Å². The first-order valence-electron chi connectivity index (χ1n) is 4.23. The van der Waals surface area contributed by atoms with Crippen molar-refractivity contribution in [2.45, 2.75) is 33.1 Å². The van der Waals surface area contributed by atoms with E-state index < -0.39 is 0 Å². The summed E-state index contributed by atoms with van der Waals surface area (Å²) in [6, 6.07) is 0. The Balaban J connectivity index is 1.98. The summed E-state index contributed by atoms with van der Waals surface area (Å²) in [6.07, 6.45) is 3.90. The van der Waals surface area contributed by atoms with Crippen LogP contribution in [-0.2, 0) is 0 Å². The van der Waals surface area contributed by atoms with Crippen LogP contribution in [0.2, 0.25) is 0 Å². The van der Waals surface area contributed by atoms with Crippen molar-refractivity contribution < 1.29 is 5.11 Å². The van der Waals surface area contributed by atoms with E-state index in [1.807, 2.05) is 0 Å². The summed E-state index contributed by atoms with van der Waals surface area (Å²) in [5.41, 5.74) is 1.08. The van der Waals surface area contributed by atoms with Gasteiger partial charge in [0.1, 0.15) is 0 Å². The van der Waals surface area contributed by atoms with Crippen LogP contribution < -0.4 is 0 Å². The summed E-state index contributed by atoms with van der Waals surface area (Å²) in [5, 5.41) is 8.98. The molecule has 3 aliphatic carbocycles. The van der Waals surface area contributed by atoms with Crippen LogP contribution >= 0.6 is 0 Å². The third-order valence-corrected chi connectivity index (χ3v) is 3.74. The van der Waals surface area contributed by atoms with Crippen LogP contribution in [0.1, 0.15) is 33.1 Å². The molecule has 58 valence electrons. The van der Waals surface area contributed by atoms with E-state index in [9.17, 15) is 0 Å². The smallest absolute Gasteiger partial charge is 0.0488 e. The fourth-order valence-corrected chi connectivity index (χ4v) is 2.87. The van der Waals surface area contributed by atoms with E-state index in [2.05, 4.69) is 13.8 Å². The third-order valence-electron chi connectivity index (χ3n) is 3.74. The molecular formula is C9H16O. The van der Waals surface area contributed by atoms with E-state index >= 15 is 0 Å². The van der Waals surface area contributed by atoms with Crippen LogP contribution in [0.4, 0.5) is 0 Å². The number of aliphatic hydroxyl groups is 1. The Morgan fingerprint density at radius 1 is 1.30 bits per heavy atom. The Kier molecular flexibility index (Phi) is 1.05. The lowest BCUT2D eigenvalue weighted by Gasteiger charge is -2.72. The first kappa shape index (κ1) is 6.66. The second kappa shape index (κ2) is 1.58. The van der Waals surface area contributed by atoms with Crippen molar-refractivity contribution in [1.82, 2.24) is 0 Å². The minimum atomic E-state index is 0.407. The first-order valence-corrected chi connectivity index (χ1v) is 4.23. The number of hydrogen-bond donors (Lipinski definition) is 1. The van der Waals surface area contributed by atoms with Crippen LogP contribution in [0.25, 0.3) is 0 Å². The molecule has 10 heavy (non-hydrogen) atoms. The molecule has 0 saturated heterocycles. The number of rotatable bonds is 2. The Hall–Kier alpha value is -0.0400. The van der Waals surface area contributed by atoms with Crippen LogP contribution in [0, 0.1) is 16.7 Å². The normalized spacial score (nSPS) is 50.4. The number of hydrogen-bond acceptors (Lipinski definition) is 1. The monoisotopic (exact) mass is 140 g/mol. The quantitative estimate of drug-likeness (QED) is 0.620. The van der Waals surface area contributed by atoms with Crippen molar-refractivity contribution in [2.75, 3.05) is 6.61 Å². The Labute approximate surface area is 62.4 Å². The van der Waals surface area contributed by atoms with Gasteiger partial charge in [0.15, 0.2) is 0 Å². The average Bonchev–Trinajstić information content (AvgIpc) is 1.57. The van der Waals surface area contributed by atoms with Crippen molar-refractivity contribution in [1.29, 1.82) is 0 Å². The maximum Gasteiger partial charge on any atom is 0.0488 e. The zero-order chi connectivity index (χ0) is 7.41. The molecule has 0 radical (unpaired) electrons. The van der Waals surface area contributed by atoms with Gasteiger partial charge in [0.05, 0.1) is 0 Å². The zero-order valence-corrected chi connectivity index (χ0v) is 6.85. The molecule has 0 aromatic carbocycles. The molecule has 0 amide bonds. The minimum Gasteiger partial charge on any atom is -0.396 e. The van der Waals surface area contributed by atoms with Crippen LogP contribution in [-0.4, -0.2) is 11.7 Å². The minimum absolute atomic E-state index is 0.407. The van der Waals surface area contributed by atoms with E-state index in [1.54, 1.807) is 0 Å². The summed E-state index contributed by atoms with van der Waals surface area (Å²) in [7, 11) is 0. The highest BCUT2D eigenvalue weighted by atomic mass is 16.3. The topological polar surface area (TPSA) is 20.2 Å². The summed E-state index contributed by atoms with van der Waals surface area (Å²) in [6.45, 7) is 5.04. The van der Waals surface area contributed by atoms with Crippen molar-refractivity contribution in [3.05, 3.63) is 0 Å². The van der Waals surface area contributed by atoms with Gasteiger partial charge >= 0.3 is 0 Å². The lowest BCUT2D eigenvalue weighted by Crippen LogP contribution is -2.65. The highest BCUT2D eigenvalue weighted by Gasteiger charge is 2.67. The molecule has 0 aliphatic heterocycles. The molecule has 2 bridgehead atoms. The molecule has 0 aromatic rings. The molecule has 1 heteroatoms. The molecule has 1 N–H and O–H groups in total. The van der Waals surface area contributed by atoms with Crippen LogP contribution in [0.3, 0.4) is 0 Å². The maximum absolute atomic E-state index is 8.98. The molecule has 3 rings (SSSR count). The van der Waals surface area contributed by atoms with Gasteiger partial charge in [-0.2, -0.15) is 0 Å². The van der Waals surface area contributed by atoms with Crippen LogP contribution in [0.5, 0.6) is 0 Å². The molecule has 0 heterocycles. The SMILES string of the molecule is CC(C)C12CC(CO)(C1)C2. The fraction of sp³-hybridized carbons (Fsp3) is 1.00. The molecule has 0 unspecified atom stereocenters. The third kappa shape index (κ3) is 0.531. The van der Waals surface area contributed by atoms with E-state index in [-0.39, 0.29) is 0 Å². The summed E-state index contributed by atoms with van der Waals surface area (Å²) in [5.74, 6) is 0.834. The molecule has 3 saturated carbocycles. The van der Waals surface area contributed by atoms with Gasteiger partial charge in [-0.1, -0.05) is 13.8 Å². The van der Waals surface area contributed by atoms with Gasteiger partial charge in [-0.25, -0.2) is 0 Å². The predicted molar refractivity (Wildman–Crippen MR) is 40.6 cm³/mol. The van der Waals surface area contributed by atoms with Gasteiger partial charge < -0.3 is 5.11 Å². The van der Waals surface area contributed by atoms with Crippen molar-refractivity contribution in [2.24, 2.45) is 16.7 Å². The van der Waals surface area contributed by atoms with Gasteiger partial charge in [0.25, 0.3) is 0 Å². The highest BCUT2D eigenvalue weighted by Crippen LogP contribution is 2.75. The lowest BCUT2D eigenvalue weighted by molar-refractivity contribution is -0.245. The van der Waals surface area contributed by atoms with Crippen molar-refractivity contribution in [3.8, 4) is 0 Å². The van der Waals surface area contributed by atoms with E-state index in [1.165, 1.54) is 19.3 Å². The standard InChI is InChI=1S/C9H16O/c1-7(2)9-3-8(4-9,5-9)6-10/h7,10H,3-6H2,1-2H3. The van der Waals surface area contributed by atoms with E-state index in [4.69, 9.17) is 5.11 Å². The molecular weight excluding hydrogens is 124 g/mol. The largest absolute Gasteiger partial charge is 0.396 e. The molecule has 0 spiro atoms. The number of aliphatic hydroxyl groups excluding tert-OH is 1. The van der Waals surface area contributed by atoms with Crippen LogP contribution in [0.15, 0.2) is 0 Å². The lowest BCUT2D eigenvalue weighted by atomic mass is 9.32. The second-order valence-electron chi connectivity index (χ2n) is 4.71. The Morgan fingerprint density at radius 3 is 2.10 bits per heavy atom. The second-order valence-corrected chi connectivity index (χ2v) is 4.71. The molecule has 0 aromatic heterocycles. The molecule has 3 aliphatic rings. The van der Waals surface area contributed by atoms with Gasteiger partial charge in [-0.3, -0.25) is 0 Å². The Bertz CT molecular complexity index is 140. The summed E-state index contributed by atoms with van der Waals surface area (Å²) in [4.78, 5) is 0. The van der Waals surface area contributed by atoms with E-state index in [0.29, 0.717) is 17.4 Å². The van der Waals surface area contributed by atoms with Crippen molar-refractivity contribution in [3.63, 3.8) is 0 Å². The first-order chi connectivity index (χ1) is 4.63. The predicted octanol–water partition coefficient (Wildman–Crippen LogP) is 1.80.